The van der Waals surface area contributed by atoms with Crippen LogP contribution < -0.4 is 5.32 Å². The summed E-state index contributed by atoms with van der Waals surface area (Å²) in [5.41, 5.74) is 1.09. The lowest BCUT2D eigenvalue weighted by atomic mass is 10.2. The summed E-state index contributed by atoms with van der Waals surface area (Å²) >= 11 is 7.24. The quantitative estimate of drug-likeness (QED) is 0.649. The van der Waals surface area contributed by atoms with Crippen LogP contribution in [0.1, 0.15) is 10.4 Å². The van der Waals surface area contributed by atoms with E-state index in [0.29, 0.717) is 11.3 Å². The number of anilines is 1. The first-order chi connectivity index (χ1) is 13.2. The smallest absolute Gasteiger partial charge is 0.259 e. The maximum atomic E-state index is 13.4. The van der Waals surface area contributed by atoms with E-state index in [0.717, 1.165) is 15.6 Å². The van der Waals surface area contributed by atoms with Gasteiger partial charge in [-0.25, -0.2) is 22.1 Å². The lowest BCUT2D eigenvalue weighted by molar-refractivity contribution is 0.102. The molecule has 6 nitrogen and oxygen atoms in total. The fourth-order valence-electron chi connectivity index (χ4n) is 2.33. The SMILES string of the molecule is CN(C)S(=O)(=O)c1ccc(Cl)c(C(=O)Nc2nc(-c3cccc(F)c3)cs2)c1. The Hall–Kier alpha value is -2.33. The third-order valence-corrected chi connectivity index (χ3v) is 6.70. The molecule has 0 bridgehead atoms. The molecule has 3 aromatic rings. The molecular weight excluding hydrogens is 425 g/mol. The van der Waals surface area contributed by atoms with E-state index >= 15 is 0 Å². The molecule has 0 spiro atoms. The van der Waals surface area contributed by atoms with Gasteiger partial charge >= 0.3 is 0 Å². The third-order valence-electron chi connectivity index (χ3n) is 3.81. The molecule has 1 aromatic heterocycles. The van der Waals surface area contributed by atoms with Crippen molar-refractivity contribution < 1.29 is 17.6 Å². The van der Waals surface area contributed by atoms with Gasteiger partial charge in [0.2, 0.25) is 10.0 Å². The first kappa shape index (κ1) is 20.4. The van der Waals surface area contributed by atoms with Gasteiger partial charge in [0.1, 0.15) is 5.82 Å². The average molecular weight is 440 g/mol. The zero-order chi connectivity index (χ0) is 20.5. The minimum Gasteiger partial charge on any atom is -0.298 e. The molecule has 0 aliphatic heterocycles. The highest BCUT2D eigenvalue weighted by atomic mass is 35.5. The van der Waals surface area contributed by atoms with Crippen LogP contribution in [0, 0.1) is 5.82 Å². The van der Waals surface area contributed by atoms with Crippen molar-refractivity contribution in [2.75, 3.05) is 19.4 Å². The van der Waals surface area contributed by atoms with Gasteiger partial charge < -0.3 is 0 Å². The molecule has 0 fully saturated rings. The molecule has 0 unspecified atom stereocenters. The highest BCUT2D eigenvalue weighted by Gasteiger charge is 2.21. The number of amides is 1. The van der Waals surface area contributed by atoms with Gasteiger partial charge in [0, 0.05) is 25.0 Å². The summed E-state index contributed by atoms with van der Waals surface area (Å²) in [7, 11) is -0.920. The highest BCUT2D eigenvalue weighted by molar-refractivity contribution is 7.89. The minimum atomic E-state index is -3.71. The number of nitrogens with one attached hydrogen (secondary N) is 1. The second kappa shape index (κ2) is 7.96. The Morgan fingerprint density at radius 1 is 1.21 bits per heavy atom. The lowest BCUT2D eigenvalue weighted by Gasteiger charge is -2.13. The molecule has 0 radical (unpaired) electrons. The van der Waals surface area contributed by atoms with Gasteiger partial charge in [-0.2, -0.15) is 0 Å². The predicted molar refractivity (Wildman–Crippen MR) is 108 cm³/mol. The Kier molecular flexibility index (Phi) is 5.80. The molecule has 28 heavy (non-hydrogen) atoms. The molecule has 1 heterocycles. The number of aromatic nitrogens is 1. The number of sulfonamides is 1. The number of nitrogens with zero attached hydrogens (tertiary/aromatic N) is 2. The van der Waals surface area contributed by atoms with Crippen LogP contribution in [-0.2, 0) is 10.0 Å². The fourth-order valence-corrected chi connectivity index (χ4v) is 4.17. The van der Waals surface area contributed by atoms with Crippen molar-refractivity contribution >= 4 is 44.0 Å². The standard InChI is InChI=1S/C18H15ClFN3O3S2/c1-23(2)28(25,26)13-6-7-15(19)14(9-13)17(24)22-18-21-16(10-27-18)11-4-3-5-12(20)8-11/h3-10H,1-2H3,(H,21,22,24). The second-order valence-corrected chi connectivity index (χ2v) is 9.35. The molecule has 2 aromatic carbocycles. The van der Waals surface area contributed by atoms with Gasteiger partial charge in [-0.15, -0.1) is 11.3 Å². The van der Waals surface area contributed by atoms with Gasteiger partial charge in [0.05, 0.1) is 21.2 Å². The first-order valence-corrected chi connectivity index (χ1v) is 10.6. The van der Waals surface area contributed by atoms with Gasteiger partial charge in [-0.05, 0) is 30.3 Å². The molecule has 1 amide bonds. The van der Waals surface area contributed by atoms with Crippen LogP contribution in [0.3, 0.4) is 0 Å². The van der Waals surface area contributed by atoms with Crippen molar-refractivity contribution in [3.05, 3.63) is 64.2 Å². The van der Waals surface area contributed by atoms with E-state index in [1.54, 1.807) is 17.5 Å². The minimum absolute atomic E-state index is 0.00657. The van der Waals surface area contributed by atoms with E-state index < -0.39 is 15.9 Å². The number of hydrogen-bond donors (Lipinski definition) is 1. The summed E-state index contributed by atoms with van der Waals surface area (Å²) in [6.07, 6.45) is 0. The molecule has 0 aliphatic rings. The van der Waals surface area contributed by atoms with Crippen LogP contribution in [0.25, 0.3) is 11.3 Å². The van der Waals surface area contributed by atoms with E-state index in [-0.39, 0.29) is 26.4 Å². The number of halogens is 2. The number of thiazole rings is 1. The summed E-state index contributed by atoms with van der Waals surface area (Å²) in [6, 6.07) is 9.85. The largest absolute Gasteiger partial charge is 0.298 e. The Bertz CT molecular complexity index is 1150. The maximum Gasteiger partial charge on any atom is 0.259 e. The molecular formula is C18H15ClFN3O3S2. The summed E-state index contributed by atoms with van der Waals surface area (Å²) in [6.45, 7) is 0. The predicted octanol–water partition coefficient (Wildman–Crippen LogP) is 4.11. The fraction of sp³-hybridized carbons (Fsp3) is 0.111. The maximum absolute atomic E-state index is 13.4. The summed E-state index contributed by atoms with van der Waals surface area (Å²) in [4.78, 5) is 16.8. The number of carbonyl (C=O) groups is 1. The molecule has 0 aliphatic carbocycles. The van der Waals surface area contributed by atoms with Crippen molar-refractivity contribution in [1.29, 1.82) is 0 Å². The summed E-state index contributed by atoms with van der Waals surface area (Å²) < 4.78 is 39.0. The van der Waals surface area contributed by atoms with Crippen molar-refractivity contribution in [3.8, 4) is 11.3 Å². The third kappa shape index (κ3) is 4.22. The molecule has 146 valence electrons. The monoisotopic (exact) mass is 439 g/mol. The van der Waals surface area contributed by atoms with E-state index in [9.17, 15) is 17.6 Å². The van der Waals surface area contributed by atoms with Crippen molar-refractivity contribution in [2.24, 2.45) is 0 Å². The number of carbonyl (C=O) groups excluding carboxylic acids is 1. The average Bonchev–Trinajstić information content (AvgIpc) is 3.10. The van der Waals surface area contributed by atoms with Crippen LogP contribution in [0.5, 0.6) is 0 Å². The Balaban J connectivity index is 1.86. The second-order valence-electron chi connectivity index (χ2n) is 5.93. The summed E-state index contributed by atoms with van der Waals surface area (Å²) in [5.74, 6) is -0.984. The molecule has 1 N–H and O–H groups in total. The normalized spacial score (nSPS) is 11.6. The molecule has 10 heteroatoms. The zero-order valence-electron chi connectivity index (χ0n) is 14.8. The van der Waals surface area contributed by atoms with Gasteiger partial charge in [0.15, 0.2) is 5.13 Å². The van der Waals surface area contributed by atoms with Crippen LogP contribution in [0.2, 0.25) is 5.02 Å². The van der Waals surface area contributed by atoms with Crippen molar-refractivity contribution in [2.45, 2.75) is 4.90 Å². The van der Waals surface area contributed by atoms with Crippen LogP contribution in [0.4, 0.5) is 9.52 Å². The molecule has 0 saturated carbocycles. The molecule has 0 saturated heterocycles. The zero-order valence-corrected chi connectivity index (χ0v) is 17.2. The van der Waals surface area contributed by atoms with Gasteiger partial charge in [0.25, 0.3) is 5.91 Å². The lowest BCUT2D eigenvalue weighted by Crippen LogP contribution is -2.23. The van der Waals surface area contributed by atoms with Crippen molar-refractivity contribution in [3.63, 3.8) is 0 Å². The number of benzene rings is 2. The Labute approximate surface area is 170 Å². The number of rotatable bonds is 5. The van der Waals surface area contributed by atoms with Crippen molar-refractivity contribution in [1.82, 2.24) is 9.29 Å². The Morgan fingerprint density at radius 3 is 2.64 bits per heavy atom. The molecule has 3 rings (SSSR count). The van der Waals surface area contributed by atoms with Crippen LogP contribution in [0.15, 0.2) is 52.7 Å². The topological polar surface area (TPSA) is 79.4 Å². The molecule has 0 atom stereocenters. The Morgan fingerprint density at radius 2 is 1.96 bits per heavy atom. The van der Waals surface area contributed by atoms with E-state index in [2.05, 4.69) is 10.3 Å². The summed E-state index contributed by atoms with van der Waals surface area (Å²) in [5, 5.41) is 4.66. The number of hydrogen-bond acceptors (Lipinski definition) is 5. The van der Waals surface area contributed by atoms with E-state index in [4.69, 9.17) is 11.6 Å². The highest BCUT2D eigenvalue weighted by Crippen LogP contribution is 2.27. The first-order valence-electron chi connectivity index (χ1n) is 7.93. The van der Waals surface area contributed by atoms with Crippen LogP contribution >= 0.6 is 22.9 Å². The van der Waals surface area contributed by atoms with Gasteiger partial charge in [-0.3, -0.25) is 10.1 Å². The van der Waals surface area contributed by atoms with E-state index in [1.165, 1.54) is 44.4 Å². The van der Waals surface area contributed by atoms with E-state index in [1.807, 2.05) is 0 Å². The van der Waals surface area contributed by atoms with Gasteiger partial charge in [-0.1, -0.05) is 23.7 Å². The van der Waals surface area contributed by atoms with Crippen LogP contribution in [-0.4, -0.2) is 37.7 Å².